The third-order valence-electron chi connectivity index (χ3n) is 3.99. The van der Waals surface area contributed by atoms with Crippen LogP contribution in [0, 0.1) is 11.6 Å². The minimum atomic E-state index is -0.875. The molecule has 0 radical (unpaired) electrons. The Bertz CT molecular complexity index is 487. The summed E-state index contributed by atoms with van der Waals surface area (Å²) < 4.78 is 26.1. The van der Waals surface area contributed by atoms with Gasteiger partial charge in [-0.3, -0.25) is 4.79 Å². The van der Waals surface area contributed by atoms with E-state index in [0.717, 1.165) is 25.0 Å². The molecule has 5 heteroatoms. The molecule has 2 rings (SSSR count). The summed E-state index contributed by atoms with van der Waals surface area (Å²) in [5.74, 6) is -1.75. The minimum Gasteiger partial charge on any atom is -0.338 e. The Morgan fingerprint density at radius 2 is 2.00 bits per heavy atom. The standard InChI is InChI=1S/C16H22F2N2O/c1-2-20(11-12-7-8-14(17)15(18)9-12)16(21)10-19-13-5-3-4-6-13/h7-9,13,19H,2-6,10-11H2,1H3. The molecule has 1 aliphatic carbocycles. The Hall–Kier alpha value is -1.49. The summed E-state index contributed by atoms with van der Waals surface area (Å²) in [6.45, 7) is 3.04. The summed E-state index contributed by atoms with van der Waals surface area (Å²) in [7, 11) is 0. The summed E-state index contributed by atoms with van der Waals surface area (Å²) >= 11 is 0. The van der Waals surface area contributed by atoms with Crippen LogP contribution in [-0.4, -0.2) is 29.9 Å². The van der Waals surface area contributed by atoms with Crippen molar-refractivity contribution in [3.05, 3.63) is 35.4 Å². The minimum absolute atomic E-state index is 0.00543. The Morgan fingerprint density at radius 3 is 2.62 bits per heavy atom. The molecule has 0 atom stereocenters. The molecule has 0 saturated heterocycles. The van der Waals surface area contributed by atoms with E-state index in [2.05, 4.69) is 5.32 Å². The molecular formula is C16H22F2N2O. The molecule has 1 fully saturated rings. The second-order valence-electron chi connectivity index (χ2n) is 5.52. The lowest BCUT2D eigenvalue weighted by Crippen LogP contribution is -2.40. The Morgan fingerprint density at radius 1 is 1.29 bits per heavy atom. The molecule has 0 bridgehead atoms. The zero-order valence-electron chi connectivity index (χ0n) is 12.4. The van der Waals surface area contributed by atoms with Crippen molar-refractivity contribution in [1.82, 2.24) is 10.2 Å². The van der Waals surface area contributed by atoms with E-state index in [1.165, 1.54) is 18.9 Å². The number of carbonyl (C=O) groups is 1. The number of hydrogen-bond donors (Lipinski definition) is 1. The highest BCUT2D eigenvalue weighted by Crippen LogP contribution is 2.17. The van der Waals surface area contributed by atoms with Gasteiger partial charge in [0.1, 0.15) is 0 Å². The van der Waals surface area contributed by atoms with E-state index in [-0.39, 0.29) is 5.91 Å². The maximum atomic E-state index is 13.2. The van der Waals surface area contributed by atoms with Crippen molar-refractivity contribution in [1.29, 1.82) is 0 Å². The van der Waals surface area contributed by atoms with Gasteiger partial charge in [0, 0.05) is 19.1 Å². The number of nitrogens with zero attached hydrogens (tertiary/aromatic N) is 1. The molecule has 1 N–H and O–H groups in total. The topological polar surface area (TPSA) is 32.3 Å². The molecule has 0 unspecified atom stereocenters. The van der Waals surface area contributed by atoms with E-state index in [1.54, 1.807) is 4.90 Å². The van der Waals surface area contributed by atoms with Gasteiger partial charge in [0.2, 0.25) is 5.91 Å². The molecule has 3 nitrogen and oxygen atoms in total. The van der Waals surface area contributed by atoms with Crippen LogP contribution in [0.1, 0.15) is 38.2 Å². The summed E-state index contributed by atoms with van der Waals surface area (Å²) in [5.41, 5.74) is 0.602. The molecule has 0 aromatic heterocycles. The van der Waals surface area contributed by atoms with E-state index in [0.29, 0.717) is 31.2 Å². The molecule has 1 aromatic carbocycles. The van der Waals surface area contributed by atoms with Crippen LogP contribution in [0.2, 0.25) is 0 Å². The number of halogens is 2. The van der Waals surface area contributed by atoms with E-state index < -0.39 is 11.6 Å². The number of benzene rings is 1. The Labute approximate surface area is 124 Å². The van der Waals surface area contributed by atoms with Crippen LogP contribution >= 0.6 is 0 Å². The SMILES string of the molecule is CCN(Cc1ccc(F)c(F)c1)C(=O)CNC1CCCC1. The van der Waals surface area contributed by atoms with Crippen molar-refractivity contribution in [3.8, 4) is 0 Å². The number of nitrogens with one attached hydrogen (secondary N) is 1. The molecule has 0 heterocycles. The van der Waals surface area contributed by atoms with Crippen LogP contribution in [0.15, 0.2) is 18.2 Å². The first-order valence-corrected chi connectivity index (χ1v) is 7.55. The smallest absolute Gasteiger partial charge is 0.236 e. The van der Waals surface area contributed by atoms with E-state index in [1.807, 2.05) is 6.92 Å². The van der Waals surface area contributed by atoms with Gasteiger partial charge < -0.3 is 10.2 Å². The van der Waals surface area contributed by atoms with Crippen LogP contribution < -0.4 is 5.32 Å². The molecule has 1 aliphatic rings. The first kappa shape index (κ1) is 15.9. The zero-order valence-corrected chi connectivity index (χ0v) is 12.4. The van der Waals surface area contributed by atoms with Crippen molar-refractivity contribution in [2.75, 3.05) is 13.1 Å². The average molecular weight is 296 g/mol. The summed E-state index contributed by atoms with van der Waals surface area (Å²) in [5, 5.41) is 3.28. The lowest BCUT2D eigenvalue weighted by atomic mass is 10.2. The largest absolute Gasteiger partial charge is 0.338 e. The van der Waals surface area contributed by atoms with Crippen LogP contribution in [0.5, 0.6) is 0 Å². The second-order valence-corrected chi connectivity index (χ2v) is 5.52. The van der Waals surface area contributed by atoms with Crippen molar-refractivity contribution >= 4 is 5.91 Å². The molecule has 0 aliphatic heterocycles. The summed E-state index contributed by atoms with van der Waals surface area (Å²) in [6.07, 6.45) is 4.70. The van der Waals surface area contributed by atoms with Gasteiger partial charge in [-0.1, -0.05) is 18.9 Å². The molecule has 1 saturated carbocycles. The lowest BCUT2D eigenvalue weighted by Gasteiger charge is -2.22. The molecule has 0 spiro atoms. The number of carbonyl (C=O) groups excluding carboxylic acids is 1. The quantitative estimate of drug-likeness (QED) is 0.875. The monoisotopic (exact) mass is 296 g/mol. The van der Waals surface area contributed by atoms with Crippen molar-refractivity contribution in [2.24, 2.45) is 0 Å². The average Bonchev–Trinajstić information content (AvgIpc) is 2.99. The zero-order chi connectivity index (χ0) is 15.2. The normalized spacial score (nSPS) is 15.4. The highest BCUT2D eigenvalue weighted by Gasteiger charge is 2.18. The van der Waals surface area contributed by atoms with Crippen LogP contribution in [0.25, 0.3) is 0 Å². The van der Waals surface area contributed by atoms with Crippen LogP contribution in [0.3, 0.4) is 0 Å². The molecule has 1 aromatic rings. The predicted molar refractivity (Wildman–Crippen MR) is 77.7 cm³/mol. The van der Waals surface area contributed by atoms with Crippen molar-refractivity contribution < 1.29 is 13.6 Å². The first-order chi connectivity index (χ1) is 10.1. The third-order valence-corrected chi connectivity index (χ3v) is 3.99. The number of rotatable bonds is 6. The van der Waals surface area contributed by atoms with E-state index in [9.17, 15) is 13.6 Å². The van der Waals surface area contributed by atoms with Gasteiger partial charge in [0.05, 0.1) is 6.54 Å². The fraction of sp³-hybridized carbons (Fsp3) is 0.562. The highest BCUT2D eigenvalue weighted by molar-refractivity contribution is 5.78. The number of likely N-dealkylation sites (N-methyl/N-ethyl adjacent to an activating group) is 1. The van der Waals surface area contributed by atoms with Gasteiger partial charge >= 0.3 is 0 Å². The summed E-state index contributed by atoms with van der Waals surface area (Å²) in [6, 6.07) is 4.20. The highest BCUT2D eigenvalue weighted by atomic mass is 19.2. The van der Waals surface area contributed by atoms with E-state index in [4.69, 9.17) is 0 Å². The number of hydrogen-bond acceptors (Lipinski definition) is 2. The number of amides is 1. The Balaban J connectivity index is 1.88. The fourth-order valence-corrected chi connectivity index (χ4v) is 2.71. The van der Waals surface area contributed by atoms with Crippen LogP contribution in [0.4, 0.5) is 8.78 Å². The molecule has 116 valence electrons. The fourth-order valence-electron chi connectivity index (χ4n) is 2.71. The third kappa shape index (κ3) is 4.49. The predicted octanol–water partition coefficient (Wildman–Crippen LogP) is 2.85. The molecule has 21 heavy (non-hydrogen) atoms. The molecular weight excluding hydrogens is 274 g/mol. The maximum Gasteiger partial charge on any atom is 0.236 e. The van der Waals surface area contributed by atoms with Gasteiger partial charge in [0.25, 0.3) is 0 Å². The van der Waals surface area contributed by atoms with Gasteiger partial charge in [-0.05, 0) is 37.5 Å². The van der Waals surface area contributed by atoms with Gasteiger partial charge in [-0.25, -0.2) is 8.78 Å². The second kappa shape index (κ2) is 7.50. The van der Waals surface area contributed by atoms with Gasteiger partial charge in [-0.2, -0.15) is 0 Å². The van der Waals surface area contributed by atoms with Crippen molar-refractivity contribution in [3.63, 3.8) is 0 Å². The molecule has 1 amide bonds. The van der Waals surface area contributed by atoms with E-state index >= 15 is 0 Å². The maximum absolute atomic E-state index is 13.2. The van der Waals surface area contributed by atoms with Gasteiger partial charge in [-0.15, -0.1) is 0 Å². The Kier molecular flexibility index (Phi) is 5.67. The first-order valence-electron chi connectivity index (χ1n) is 7.55. The summed E-state index contributed by atoms with van der Waals surface area (Å²) in [4.78, 5) is 13.8. The lowest BCUT2D eigenvalue weighted by molar-refractivity contribution is -0.130. The van der Waals surface area contributed by atoms with Gasteiger partial charge in [0.15, 0.2) is 11.6 Å². The van der Waals surface area contributed by atoms with Crippen molar-refractivity contribution in [2.45, 2.75) is 45.2 Å². The van der Waals surface area contributed by atoms with Crippen LogP contribution in [-0.2, 0) is 11.3 Å².